The summed E-state index contributed by atoms with van der Waals surface area (Å²) in [5, 5.41) is 2.91. The van der Waals surface area contributed by atoms with Gasteiger partial charge in [-0.1, -0.05) is 19.4 Å². The summed E-state index contributed by atoms with van der Waals surface area (Å²) in [6.07, 6.45) is 5.25. The number of carbonyl (C=O) groups excluding carboxylic acids is 1. The van der Waals surface area contributed by atoms with Gasteiger partial charge in [-0.05, 0) is 18.6 Å². The van der Waals surface area contributed by atoms with E-state index in [1.165, 1.54) is 18.2 Å². The molecule has 0 bridgehead atoms. The normalized spacial score (nSPS) is 12.0. The second kappa shape index (κ2) is 7.59. The van der Waals surface area contributed by atoms with Gasteiger partial charge in [0.15, 0.2) is 6.61 Å². The van der Waals surface area contributed by atoms with Crippen LogP contribution in [-0.2, 0) is 11.8 Å². The quantitative estimate of drug-likeness (QED) is 0.855. The molecule has 0 radical (unpaired) electrons. The van der Waals surface area contributed by atoms with Crippen LogP contribution in [0.15, 0.2) is 36.7 Å². The summed E-state index contributed by atoms with van der Waals surface area (Å²) in [6.45, 7) is 1.89. The van der Waals surface area contributed by atoms with Crippen LogP contribution in [0.3, 0.4) is 0 Å². The maximum atomic E-state index is 13.0. The van der Waals surface area contributed by atoms with E-state index >= 15 is 0 Å². The first-order valence-corrected chi connectivity index (χ1v) is 7.25. The summed E-state index contributed by atoms with van der Waals surface area (Å²) < 4.78 is 20.2. The molecule has 0 unspecified atom stereocenters. The average Bonchev–Trinajstić information content (AvgIpc) is 2.91. The van der Waals surface area contributed by atoms with Gasteiger partial charge < -0.3 is 14.6 Å². The lowest BCUT2D eigenvalue weighted by atomic mass is 10.1. The van der Waals surface area contributed by atoms with Gasteiger partial charge in [-0.15, -0.1) is 0 Å². The Bertz CT molecular complexity index is 627. The molecule has 1 aromatic heterocycles. The van der Waals surface area contributed by atoms with Crippen LogP contribution in [0.5, 0.6) is 5.75 Å². The summed E-state index contributed by atoms with van der Waals surface area (Å²) >= 11 is 0. The van der Waals surface area contributed by atoms with Crippen LogP contribution in [-0.4, -0.2) is 22.1 Å². The van der Waals surface area contributed by atoms with E-state index in [1.807, 2.05) is 24.7 Å². The molecule has 1 N–H and O–H groups in total. The summed E-state index contributed by atoms with van der Waals surface area (Å²) in [5.41, 5.74) is 0. The molecule has 0 aliphatic rings. The molecule has 0 aliphatic heterocycles. The van der Waals surface area contributed by atoms with Crippen LogP contribution >= 0.6 is 0 Å². The van der Waals surface area contributed by atoms with Crippen molar-refractivity contribution < 1.29 is 13.9 Å². The Hall–Kier alpha value is -2.37. The number of halogens is 1. The molecule has 0 saturated heterocycles. The van der Waals surface area contributed by atoms with Crippen molar-refractivity contribution in [3.05, 3.63) is 48.3 Å². The molecule has 1 heterocycles. The topological polar surface area (TPSA) is 56.1 Å². The van der Waals surface area contributed by atoms with Crippen LogP contribution in [0.4, 0.5) is 4.39 Å². The molecular formula is C16H20FN3O2. The van der Waals surface area contributed by atoms with Crippen LogP contribution in [0, 0.1) is 5.82 Å². The molecule has 118 valence electrons. The van der Waals surface area contributed by atoms with E-state index in [0.717, 1.165) is 18.7 Å². The largest absolute Gasteiger partial charge is 0.484 e. The summed E-state index contributed by atoms with van der Waals surface area (Å²) in [5.74, 6) is 0.487. The highest BCUT2D eigenvalue weighted by Gasteiger charge is 2.17. The second-order valence-electron chi connectivity index (χ2n) is 5.05. The van der Waals surface area contributed by atoms with Crippen molar-refractivity contribution in [2.24, 2.45) is 7.05 Å². The maximum Gasteiger partial charge on any atom is 0.258 e. The Labute approximate surface area is 129 Å². The fourth-order valence-electron chi connectivity index (χ4n) is 2.21. The van der Waals surface area contributed by atoms with Crippen LogP contribution < -0.4 is 10.1 Å². The van der Waals surface area contributed by atoms with E-state index in [9.17, 15) is 9.18 Å². The smallest absolute Gasteiger partial charge is 0.258 e. The number of aryl methyl sites for hydroxylation is 1. The third-order valence-electron chi connectivity index (χ3n) is 3.25. The Morgan fingerprint density at radius 1 is 1.50 bits per heavy atom. The number of ether oxygens (including phenoxy) is 1. The predicted octanol–water partition coefficient (Wildman–Crippen LogP) is 2.60. The molecule has 22 heavy (non-hydrogen) atoms. The number of aromatic nitrogens is 2. The highest BCUT2D eigenvalue weighted by molar-refractivity contribution is 5.77. The molecule has 1 atom stereocenters. The molecule has 0 aliphatic carbocycles. The van der Waals surface area contributed by atoms with E-state index in [2.05, 4.69) is 10.3 Å². The zero-order chi connectivity index (χ0) is 15.9. The minimum absolute atomic E-state index is 0.159. The van der Waals surface area contributed by atoms with Crippen LogP contribution in [0.25, 0.3) is 0 Å². The Kier molecular flexibility index (Phi) is 5.52. The van der Waals surface area contributed by atoms with Gasteiger partial charge in [0.25, 0.3) is 5.91 Å². The molecule has 5 nitrogen and oxygen atoms in total. The molecule has 1 amide bonds. The lowest BCUT2D eigenvalue weighted by molar-refractivity contribution is -0.124. The number of nitrogens with one attached hydrogen (secondary N) is 1. The van der Waals surface area contributed by atoms with Gasteiger partial charge in [0, 0.05) is 25.5 Å². The predicted molar refractivity (Wildman–Crippen MR) is 80.9 cm³/mol. The number of hydrogen-bond acceptors (Lipinski definition) is 3. The minimum atomic E-state index is -0.394. The molecule has 0 saturated carbocycles. The number of benzene rings is 1. The van der Waals surface area contributed by atoms with E-state index in [0.29, 0.717) is 5.75 Å². The Morgan fingerprint density at radius 3 is 2.95 bits per heavy atom. The van der Waals surface area contributed by atoms with Crippen molar-refractivity contribution in [1.29, 1.82) is 0 Å². The number of rotatable bonds is 7. The maximum absolute atomic E-state index is 13.0. The second-order valence-corrected chi connectivity index (χ2v) is 5.05. The zero-order valence-electron chi connectivity index (χ0n) is 12.8. The van der Waals surface area contributed by atoms with Crippen molar-refractivity contribution in [1.82, 2.24) is 14.9 Å². The van der Waals surface area contributed by atoms with Crippen molar-refractivity contribution >= 4 is 5.91 Å². The van der Waals surface area contributed by atoms with Gasteiger partial charge >= 0.3 is 0 Å². The summed E-state index contributed by atoms with van der Waals surface area (Å²) in [7, 11) is 1.89. The third kappa shape index (κ3) is 4.31. The summed E-state index contributed by atoms with van der Waals surface area (Å²) in [6, 6.07) is 5.56. The monoisotopic (exact) mass is 305 g/mol. The number of amides is 1. The molecule has 0 spiro atoms. The van der Waals surface area contributed by atoms with Crippen LogP contribution in [0.1, 0.15) is 31.6 Å². The fraction of sp³-hybridized carbons (Fsp3) is 0.375. The van der Waals surface area contributed by atoms with E-state index in [1.54, 1.807) is 12.3 Å². The zero-order valence-corrected chi connectivity index (χ0v) is 12.8. The minimum Gasteiger partial charge on any atom is -0.484 e. The first-order valence-electron chi connectivity index (χ1n) is 7.25. The standard InChI is InChI=1S/C16H20FN3O2/c1-3-5-14(16-18-8-9-20(16)2)19-15(21)11-22-13-7-4-6-12(17)10-13/h4,6-10,14H,3,5,11H2,1-2H3,(H,19,21)/t14-/m1/s1. The summed E-state index contributed by atoms with van der Waals surface area (Å²) in [4.78, 5) is 16.3. The van der Waals surface area contributed by atoms with E-state index in [4.69, 9.17) is 4.74 Å². The Balaban J connectivity index is 1.93. The molecular weight excluding hydrogens is 285 g/mol. The van der Waals surface area contributed by atoms with Gasteiger partial charge in [-0.2, -0.15) is 0 Å². The van der Waals surface area contributed by atoms with Crippen molar-refractivity contribution in [2.75, 3.05) is 6.61 Å². The van der Waals surface area contributed by atoms with Crippen molar-refractivity contribution in [2.45, 2.75) is 25.8 Å². The van der Waals surface area contributed by atoms with Crippen LogP contribution in [0.2, 0.25) is 0 Å². The molecule has 1 aromatic carbocycles. The fourth-order valence-corrected chi connectivity index (χ4v) is 2.21. The molecule has 2 aromatic rings. The molecule has 0 fully saturated rings. The van der Waals surface area contributed by atoms with Crippen molar-refractivity contribution in [3.8, 4) is 5.75 Å². The van der Waals surface area contributed by atoms with Crippen molar-refractivity contribution in [3.63, 3.8) is 0 Å². The average molecular weight is 305 g/mol. The molecule has 6 heteroatoms. The number of nitrogens with zero attached hydrogens (tertiary/aromatic N) is 2. The van der Waals surface area contributed by atoms with E-state index < -0.39 is 5.82 Å². The highest BCUT2D eigenvalue weighted by Crippen LogP contribution is 2.16. The number of imidazole rings is 1. The number of carbonyl (C=O) groups is 1. The van der Waals surface area contributed by atoms with Gasteiger partial charge in [0.2, 0.25) is 0 Å². The third-order valence-corrected chi connectivity index (χ3v) is 3.25. The SMILES string of the molecule is CCC[C@@H](NC(=O)COc1cccc(F)c1)c1nccn1C. The van der Waals surface area contributed by atoms with E-state index in [-0.39, 0.29) is 18.6 Å². The molecule has 2 rings (SSSR count). The first kappa shape index (κ1) is 16.0. The number of hydrogen-bond donors (Lipinski definition) is 1. The van der Waals surface area contributed by atoms with Gasteiger partial charge in [-0.25, -0.2) is 9.37 Å². The first-order chi connectivity index (χ1) is 10.6. The van der Waals surface area contributed by atoms with Gasteiger partial charge in [0.1, 0.15) is 17.4 Å². The van der Waals surface area contributed by atoms with Gasteiger partial charge in [-0.3, -0.25) is 4.79 Å². The van der Waals surface area contributed by atoms with Gasteiger partial charge in [0.05, 0.1) is 6.04 Å². The lowest BCUT2D eigenvalue weighted by Gasteiger charge is -2.18. The Morgan fingerprint density at radius 2 is 2.32 bits per heavy atom. The highest BCUT2D eigenvalue weighted by atomic mass is 19.1. The lowest BCUT2D eigenvalue weighted by Crippen LogP contribution is -2.33.